The first kappa shape index (κ1) is 21.4. The highest BCUT2D eigenvalue weighted by molar-refractivity contribution is 9.09. The maximum Gasteiger partial charge on any atom is 0.0491 e. The number of halogens is 1. The molecule has 0 unspecified atom stereocenters. The van der Waals surface area contributed by atoms with Gasteiger partial charge in [-0.2, -0.15) is 0 Å². The summed E-state index contributed by atoms with van der Waals surface area (Å²) in [6.45, 7) is 14.9. The van der Waals surface area contributed by atoms with Crippen molar-refractivity contribution in [3.05, 3.63) is 47.5 Å². The van der Waals surface area contributed by atoms with Crippen LogP contribution in [-0.4, -0.2) is 9.90 Å². The molecule has 1 nitrogen and oxygen atoms in total. The molecule has 1 heterocycles. The second-order valence-electron chi connectivity index (χ2n) is 10.2. The molecule has 0 aliphatic heterocycles. The van der Waals surface area contributed by atoms with Gasteiger partial charge < -0.3 is 4.57 Å². The van der Waals surface area contributed by atoms with Gasteiger partial charge >= 0.3 is 0 Å². The van der Waals surface area contributed by atoms with Crippen LogP contribution in [0.15, 0.2) is 36.4 Å². The highest BCUT2D eigenvalue weighted by Gasteiger charge is 2.19. The quantitative estimate of drug-likeness (QED) is 0.267. The van der Waals surface area contributed by atoms with Crippen LogP contribution in [-0.2, 0) is 17.4 Å². The second kappa shape index (κ2) is 8.22. The van der Waals surface area contributed by atoms with E-state index in [0.717, 1.165) is 11.9 Å². The Hall–Kier alpha value is -1.28. The molecule has 152 valence electrons. The Bertz CT molecular complexity index is 879. The van der Waals surface area contributed by atoms with E-state index < -0.39 is 0 Å². The average Bonchev–Trinajstić information content (AvgIpc) is 2.93. The fourth-order valence-corrected chi connectivity index (χ4v) is 4.39. The summed E-state index contributed by atoms with van der Waals surface area (Å²) in [6, 6.07) is 14.2. The van der Waals surface area contributed by atoms with Gasteiger partial charge in [0.15, 0.2) is 0 Å². The minimum absolute atomic E-state index is 0.167. The van der Waals surface area contributed by atoms with Crippen LogP contribution in [0.3, 0.4) is 0 Å². The van der Waals surface area contributed by atoms with Crippen molar-refractivity contribution in [2.45, 2.75) is 84.6 Å². The van der Waals surface area contributed by atoms with Crippen LogP contribution in [0.5, 0.6) is 0 Å². The van der Waals surface area contributed by atoms with Gasteiger partial charge in [0.05, 0.1) is 0 Å². The standard InChI is InChI=1S/C26H36BrN/c1-25(2,3)19-11-13-23-21(17-19)22-18-20(26(4,5)6)12-14-24(22)28(23)16-10-8-7-9-15-27/h11-14,17-18H,7-10,15-16H2,1-6H3. The molecule has 3 rings (SSSR count). The smallest absolute Gasteiger partial charge is 0.0491 e. The van der Waals surface area contributed by atoms with Gasteiger partial charge in [0.25, 0.3) is 0 Å². The summed E-state index contributed by atoms with van der Waals surface area (Å²) in [5, 5.41) is 3.94. The van der Waals surface area contributed by atoms with Gasteiger partial charge in [0, 0.05) is 33.7 Å². The molecule has 2 heteroatoms. The highest BCUT2D eigenvalue weighted by atomic mass is 79.9. The van der Waals surface area contributed by atoms with Crippen LogP contribution in [0.2, 0.25) is 0 Å². The predicted molar refractivity (Wildman–Crippen MR) is 129 cm³/mol. The van der Waals surface area contributed by atoms with E-state index in [4.69, 9.17) is 0 Å². The van der Waals surface area contributed by atoms with Crippen molar-refractivity contribution in [1.29, 1.82) is 0 Å². The van der Waals surface area contributed by atoms with E-state index in [2.05, 4.69) is 98.4 Å². The zero-order valence-electron chi connectivity index (χ0n) is 18.5. The summed E-state index contributed by atoms with van der Waals surface area (Å²) >= 11 is 3.55. The van der Waals surface area contributed by atoms with Crippen molar-refractivity contribution >= 4 is 37.7 Å². The fraction of sp³-hybridized carbons (Fsp3) is 0.538. The van der Waals surface area contributed by atoms with Crippen molar-refractivity contribution in [2.75, 3.05) is 5.33 Å². The topological polar surface area (TPSA) is 4.93 Å². The lowest BCUT2D eigenvalue weighted by atomic mass is 9.85. The maximum atomic E-state index is 3.55. The Morgan fingerprint density at radius 2 is 1.14 bits per heavy atom. The molecule has 0 aliphatic rings. The molecule has 2 aromatic carbocycles. The molecule has 0 radical (unpaired) electrons. The fourth-order valence-electron chi connectivity index (χ4n) is 4.00. The van der Waals surface area contributed by atoms with E-state index in [0.29, 0.717) is 0 Å². The Labute approximate surface area is 179 Å². The monoisotopic (exact) mass is 441 g/mol. The van der Waals surface area contributed by atoms with Gasteiger partial charge in [0.1, 0.15) is 0 Å². The summed E-state index contributed by atoms with van der Waals surface area (Å²) in [7, 11) is 0. The number of aryl methyl sites for hydroxylation is 1. The number of nitrogens with zero attached hydrogens (tertiary/aromatic N) is 1. The zero-order valence-corrected chi connectivity index (χ0v) is 20.1. The number of alkyl halides is 1. The van der Waals surface area contributed by atoms with Gasteiger partial charge in [-0.25, -0.2) is 0 Å². The summed E-state index contributed by atoms with van der Waals surface area (Å²) in [5.74, 6) is 0. The SMILES string of the molecule is CC(C)(C)c1ccc2c(c1)c1cc(C(C)(C)C)ccc1n2CCCCCCBr. The first-order valence-corrected chi connectivity index (χ1v) is 11.9. The third-order valence-electron chi connectivity index (χ3n) is 5.86. The van der Waals surface area contributed by atoms with E-state index >= 15 is 0 Å². The Balaban J connectivity index is 2.12. The number of unbranched alkanes of at least 4 members (excludes halogenated alkanes) is 3. The largest absolute Gasteiger partial charge is 0.340 e. The van der Waals surface area contributed by atoms with Crippen LogP contribution < -0.4 is 0 Å². The van der Waals surface area contributed by atoms with E-state index in [1.807, 2.05) is 0 Å². The second-order valence-corrected chi connectivity index (χ2v) is 11.0. The average molecular weight is 442 g/mol. The van der Waals surface area contributed by atoms with Gasteiger partial charge in [-0.15, -0.1) is 0 Å². The molecule has 3 aromatic rings. The van der Waals surface area contributed by atoms with Crippen molar-refractivity contribution in [2.24, 2.45) is 0 Å². The van der Waals surface area contributed by atoms with Gasteiger partial charge in [-0.1, -0.05) is 82.4 Å². The Morgan fingerprint density at radius 1 is 0.679 bits per heavy atom. The Kier molecular flexibility index (Phi) is 6.29. The lowest BCUT2D eigenvalue weighted by Crippen LogP contribution is -2.10. The molecule has 0 fully saturated rings. The minimum atomic E-state index is 0.167. The molecule has 0 N–H and O–H groups in total. The molecule has 28 heavy (non-hydrogen) atoms. The summed E-state index contributed by atoms with van der Waals surface area (Å²) in [6.07, 6.45) is 5.13. The number of rotatable bonds is 6. The summed E-state index contributed by atoms with van der Waals surface area (Å²) < 4.78 is 2.55. The zero-order chi connectivity index (χ0) is 20.5. The molecule has 0 bridgehead atoms. The normalized spacial score (nSPS) is 13.0. The molecule has 0 amide bonds. The maximum absolute atomic E-state index is 3.55. The third kappa shape index (κ3) is 4.48. The lowest BCUT2D eigenvalue weighted by molar-refractivity contribution is 0.590. The molecular weight excluding hydrogens is 406 g/mol. The summed E-state index contributed by atoms with van der Waals surface area (Å²) in [5.41, 5.74) is 5.93. The predicted octanol–water partition coefficient (Wildman–Crippen LogP) is 8.34. The minimum Gasteiger partial charge on any atom is -0.340 e. The van der Waals surface area contributed by atoms with Crippen LogP contribution in [0.4, 0.5) is 0 Å². The van der Waals surface area contributed by atoms with Crippen molar-refractivity contribution < 1.29 is 0 Å². The van der Waals surface area contributed by atoms with Crippen molar-refractivity contribution in [1.82, 2.24) is 4.57 Å². The van der Waals surface area contributed by atoms with Crippen molar-refractivity contribution in [3.8, 4) is 0 Å². The first-order chi connectivity index (χ1) is 13.1. The van der Waals surface area contributed by atoms with Crippen molar-refractivity contribution in [3.63, 3.8) is 0 Å². The Morgan fingerprint density at radius 3 is 1.57 bits per heavy atom. The lowest BCUT2D eigenvalue weighted by Gasteiger charge is -2.19. The first-order valence-electron chi connectivity index (χ1n) is 10.8. The highest BCUT2D eigenvalue weighted by Crippen LogP contribution is 2.36. The van der Waals surface area contributed by atoms with Gasteiger partial charge in [-0.3, -0.25) is 0 Å². The van der Waals surface area contributed by atoms with E-state index in [1.54, 1.807) is 0 Å². The number of hydrogen-bond acceptors (Lipinski definition) is 0. The molecule has 1 aromatic heterocycles. The van der Waals surface area contributed by atoms with Crippen LogP contribution in [0.25, 0.3) is 21.8 Å². The van der Waals surface area contributed by atoms with Crippen LogP contribution in [0.1, 0.15) is 78.4 Å². The van der Waals surface area contributed by atoms with E-state index in [-0.39, 0.29) is 10.8 Å². The van der Waals surface area contributed by atoms with Gasteiger partial charge in [-0.05, 0) is 59.1 Å². The van der Waals surface area contributed by atoms with Crippen LogP contribution >= 0.6 is 15.9 Å². The van der Waals surface area contributed by atoms with Crippen LogP contribution in [0, 0.1) is 0 Å². The molecule has 0 saturated carbocycles. The number of benzene rings is 2. The number of hydrogen-bond donors (Lipinski definition) is 0. The molecule has 0 aliphatic carbocycles. The van der Waals surface area contributed by atoms with Gasteiger partial charge in [0.2, 0.25) is 0 Å². The van der Waals surface area contributed by atoms with E-state index in [9.17, 15) is 0 Å². The third-order valence-corrected chi connectivity index (χ3v) is 6.42. The molecule has 0 atom stereocenters. The van der Waals surface area contributed by atoms with E-state index in [1.165, 1.54) is 58.6 Å². The molecule has 0 spiro atoms. The summed E-state index contributed by atoms with van der Waals surface area (Å²) in [4.78, 5) is 0. The number of aromatic nitrogens is 1. The molecule has 0 saturated heterocycles. The molecular formula is C26H36BrN. The number of fused-ring (bicyclic) bond motifs is 3.